The molecular weight excluding hydrogens is 203 g/mol. The first-order valence-corrected chi connectivity index (χ1v) is 5.58. The fourth-order valence-electron chi connectivity index (χ4n) is 0.898. The molecular formula is C9H11O4P. The first-order chi connectivity index (χ1) is 6.51. The van der Waals surface area contributed by atoms with E-state index in [2.05, 4.69) is 0 Å². The van der Waals surface area contributed by atoms with Crippen LogP contribution >= 0.6 is 7.60 Å². The maximum atomic E-state index is 10.5. The van der Waals surface area contributed by atoms with Crippen LogP contribution in [0.25, 0.3) is 6.08 Å². The molecule has 76 valence electrons. The van der Waals surface area contributed by atoms with Gasteiger partial charge in [-0.05, 0) is 23.8 Å². The average Bonchev–Trinajstić information content (AvgIpc) is 2.14. The van der Waals surface area contributed by atoms with Crippen molar-refractivity contribution in [3.05, 3.63) is 35.6 Å². The van der Waals surface area contributed by atoms with E-state index in [1.807, 2.05) is 0 Å². The Morgan fingerprint density at radius 3 is 2.29 bits per heavy atom. The molecule has 0 radical (unpaired) electrons. The number of benzene rings is 1. The van der Waals surface area contributed by atoms with Crippen LogP contribution in [0.4, 0.5) is 0 Å². The average molecular weight is 214 g/mol. The van der Waals surface area contributed by atoms with Crippen LogP contribution in [-0.2, 0) is 4.57 Å². The Balaban J connectivity index is 2.79. The second-order valence-corrected chi connectivity index (χ2v) is 4.15. The monoisotopic (exact) mass is 214 g/mol. The summed E-state index contributed by atoms with van der Waals surface area (Å²) in [6, 6.07) is 6.87. The zero-order valence-electron chi connectivity index (χ0n) is 7.62. The molecule has 14 heavy (non-hydrogen) atoms. The molecule has 5 heteroatoms. The zero-order valence-corrected chi connectivity index (χ0v) is 8.52. The minimum Gasteiger partial charge on any atom is -0.497 e. The molecule has 0 fully saturated rings. The summed E-state index contributed by atoms with van der Waals surface area (Å²) in [5, 5.41) is 0. The number of ether oxygens (including phenoxy) is 1. The SMILES string of the molecule is COc1ccc(/C=C/P(=O)(O)O)cc1. The van der Waals surface area contributed by atoms with Gasteiger partial charge in [0.1, 0.15) is 5.75 Å². The van der Waals surface area contributed by atoms with Gasteiger partial charge in [0.05, 0.1) is 7.11 Å². The highest BCUT2D eigenvalue weighted by Crippen LogP contribution is 2.36. The quantitative estimate of drug-likeness (QED) is 0.753. The number of methoxy groups -OCH3 is 1. The first kappa shape index (κ1) is 11.0. The van der Waals surface area contributed by atoms with Crippen LogP contribution in [0.2, 0.25) is 0 Å². The van der Waals surface area contributed by atoms with Gasteiger partial charge in [0.25, 0.3) is 0 Å². The summed E-state index contributed by atoms with van der Waals surface area (Å²) in [7, 11) is -2.51. The van der Waals surface area contributed by atoms with Gasteiger partial charge in [0.15, 0.2) is 0 Å². The van der Waals surface area contributed by atoms with E-state index < -0.39 is 7.60 Å². The molecule has 0 bridgehead atoms. The molecule has 0 spiro atoms. The van der Waals surface area contributed by atoms with Gasteiger partial charge in [-0.25, -0.2) is 0 Å². The van der Waals surface area contributed by atoms with Gasteiger partial charge in [0, 0.05) is 5.82 Å². The third kappa shape index (κ3) is 3.75. The zero-order chi connectivity index (χ0) is 10.6. The summed E-state index contributed by atoms with van der Waals surface area (Å²) in [5.41, 5.74) is 0.717. The third-order valence-corrected chi connectivity index (χ3v) is 2.11. The Bertz CT molecular complexity index is 363. The Hall–Kier alpha value is -1.09. The number of rotatable bonds is 3. The van der Waals surface area contributed by atoms with Crippen LogP contribution in [0.1, 0.15) is 5.56 Å². The van der Waals surface area contributed by atoms with Crippen molar-refractivity contribution in [3.8, 4) is 5.75 Å². The van der Waals surface area contributed by atoms with Gasteiger partial charge in [-0.15, -0.1) is 0 Å². The second-order valence-electron chi connectivity index (χ2n) is 2.68. The molecule has 0 aliphatic rings. The molecule has 0 saturated carbocycles. The van der Waals surface area contributed by atoms with Gasteiger partial charge in [0.2, 0.25) is 0 Å². The van der Waals surface area contributed by atoms with Crippen LogP contribution in [0.5, 0.6) is 5.75 Å². The Morgan fingerprint density at radius 1 is 1.29 bits per heavy atom. The van der Waals surface area contributed by atoms with Gasteiger partial charge >= 0.3 is 7.60 Å². The highest BCUT2D eigenvalue weighted by atomic mass is 31.2. The molecule has 0 saturated heterocycles. The molecule has 0 atom stereocenters. The van der Waals surface area contributed by atoms with E-state index in [4.69, 9.17) is 14.5 Å². The summed E-state index contributed by atoms with van der Waals surface area (Å²) in [5.74, 6) is 1.58. The van der Waals surface area contributed by atoms with Gasteiger partial charge < -0.3 is 14.5 Å². The van der Waals surface area contributed by atoms with Gasteiger partial charge in [-0.2, -0.15) is 0 Å². The summed E-state index contributed by atoms with van der Waals surface area (Å²) in [4.78, 5) is 17.2. The standard InChI is InChI=1S/C9H11O4P/c1-13-9-4-2-8(3-5-9)6-7-14(10,11)12/h2-7H,1H3,(H2,10,11,12)/b7-6+. The summed E-state index contributed by atoms with van der Waals surface area (Å²) in [6.07, 6.45) is 1.38. The largest absolute Gasteiger partial charge is 0.497 e. The molecule has 0 aromatic heterocycles. The lowest BCUT2D eigenvalue weighted by Crippen LogP contribution is -1.81. The molecule has 0 heterocycles. The van der Waals surface area contributed by atoms with E-state index in [-0.39, 0.29) is 0 Å². The van der Waals surface area contributed by atoms with Crippen LogP contribution in [-0.4, -0.2) is 16.9 Å². The van der Waals surface area contributed by atoms with E-state index in [9.17, 15) is 4.57 Å². The molecule has 1 aromatic rings. The molecule has 0 amide bonds. The summed E-state index contributed by atoms with van der Waals surface area (Å²) >= 11 is 0. The van der Waals surface area contributed by atoms with Crippen LogP contribution in [0.3, 0.4) is 0 Å². The van der Waals surface area contributed by atoms with Crippen molar-refractivity contribution in [2.75, 3.05) is 7.11 Å². The molecule has 0 aliphatic heterocycles. The molecule has 2 N–H and O–H groups in total. The molecule has 0 unspecified atom stereocenters. The molecule has 0 aliphatic carbocycles. The van der Waals surface area contributed by atoms with Crippen LogP contribution in [0, 0.1) is 0 Å². The highest BCUT2D eigenvalue weighted by molar-refractivity contribution is 7.55. The van der Waals surface area contributed by atoms with Crippen LogP contribution < -0.4 is 4.74 Å². The summed E-state index contributed by atoms with van der Waals surface area (Å²) in [6.45, 7) is 0. The predicted octanol–water partition coefficient (Wildman–Crippen LogP) is 1.84. The van der Waals surface area contributed by atoms with Crippen molar-refractivity contribution < 1.29 is 19.1 Å². The smallest absolute Gasteiger partial charge is 0.349 e. The van der Waals surface area contributed by atoms with Gasteiger partial charge in [-0.3, -0.25) is 4.57 Å². The van der Waals surface area contributed by atoms with Crippen molar-refractivity contribution in [2.45, 2.75) is 0 Å². The Morgan fingerprint density at radius 2 is 1.86 bits per heavy atom. The number of hydrogen-bond donors (Lipinski definition) is 2. The Kier molecular flexibility index (Phi) is 3.47. The lowest BCUT2D eigenvalue weighted by molar-refractivity contribution is 0.386. The maximum absolute atomic E-state index is 10.5. The fourth-order valence-corrected chi connectivity index (χ4v) is 1.26. The van der Waals surface area contributed by atoms with Crippen molar-refractivity contribution in [1.29, 1.82) is 0 Å². The van der Waals surface area contributed by atoms with Crippen LogP contribution in [0.15, 0.2) is 30.1 Å². The third-order valence-electron chi connectivity index (χ3n) is 1.58. The van der Waals surface area contributed by atoms with E-state index in [1.54, 1.807) is 31.4 Å². The predicted molar refractivity (Wildman–Crippen MR) is 54.1 cm³/mol. The first-order valence-electron chi connectivity index (χ1n) is 3.90. The van der Waals surface area contributed by atoms with E-state index >= 15 is 0 Å². The van der Waals surface area contributed by atoms with Crippen molar-refractivity contribution >= 4 is 13.7 Å². The van der Waals surface area contributed by atoms with E-state index in [0.717, 1.165) is 5.82 Å². The molecule has 1 rings (SSSR count). The van der Waals surface area contributed by atoms with Crippen molar-refractivity contribution in [1.82, 2.24) is 0 Å². The lowest BCUT2D eigenvalue weighted by atomic mass is 10.2. The summed E-state index contributed by atoms with van der Waals surface area (Å²) < 4.78 is 15.4. The second kappa shape index (κ2) is 4.42. The molecule has 1 aromatic carbocycles. The minimum atomic E-state index is -4.06. The Labute approximate surface area is 82.0 Å². The van der Waals surface area contributed by atoms with Gasteiger partial charge in [-0.1, -0.05) is 12.1 Å². The number of hydrogen-bond acceptors (Lipinski definition) is 2. The maximum Gasteiger partial charge on any atom is 0.349 e. The highest BCUT2D eigenvalue weighted by Gasteiger charge is 2.04. The normalized spacial score (nSPS) is 11.9. The topological polar surface area (TPSA) is 66.8 Å². The molecule has 4 nitrogen and oxygen atoms in total. The van der Waals surface area contributed by atoms with E-state index in [1.165, 1.54) is 6.08 Å². The van der Waals surface area contributed by atoms with Crippen molar-refractivity contribution in [2.24, 2.45) is 0 Å². The minimum absolute atomic E-state index is 0.707. The fraction of sp³-hybridized carbons (Fsp3) is 0.111. The van der Waals surface area contributed by atoms with Crippen molar-refractivity contribution in [3.63, 3.8) is 0 Å². The van der Waals surface area contributed by atoms with E-state index in [0.29, 0.717) is 11.3 Å². The lowest BCUT2D eigenvalue weighted by Gasteiger charge is -1.99.